The Morgan fingerprint density at radius 2 is 1.95 bits per heavy atom. The van der Waals surface area contributed by atoms with Crippen LogP contribution >= 0.6 is 11.3 Å². The molecule has 0 aliphatic heterocycles. The first-order chi connectivity index (χ1) is 9.49. The van der Waals surface area contributed by atoms with Crippen LogP contribution in [-0.2, 0) is 15.7 Å². The molecule has 0 saturated carbocycles. The van der Waals surface area contributed by atoms with Crippen molar-refractivity contribution < 1.29 is 22.7 Å². The van der Waals surface area contributed by atoms with E-state index in [2.05, 4.69) is 9.72 Å². The first-order valence-corrected chi connectivity index (χ1v) is 6.54. The Bertz CT molecular complexity index is 509. The van der Waals surface area contributed by atoms with Crippen molar-refractivity contribution in [1.82, 2.24) is 4.98 Å². The van der Waals surface area contributed by atoms with Crippen LogP contribution in [-0.4, -0.2) is 18.1 Å². The highest BCUT2D eigenvalue weighted by Crippen LogP contribution is 2.30. The first kappa shape index (κ1) is 16.2. The van der Waals surface area contributed by atoms with Gasteiger partial charge in [-0.1, -0.05) is 12.1 Å². The van der Waals surface area contributed by atoms with E-state index < -0.39 is 11.7 Å². The maximum absolute atomic E-state index is 12.2. The molecule has 0 saturated heterocycles. The molecule has 0 fully saturated rings. The van der Waals surface area contributed by atoms with Crippen LogP contribution in [0.3, 0.4) is 0 Å². The van der Waals surface area contributed by atoms with Crippen LogP contribution in [0.1, 0.15) is 12.5 Å². The number of alkyl halides is 3. The van der Waals surface area contributed by atoms with Crippen LogP contribution in [0.25, 0.3) is 11.3 Å². The Kier molecular flexibility index (Phi) is 6.17. The van der Waals surface area contributed by atoms with Gasteiger partial charge in [0, 0.05) is 10.9 Å². The molecule has 1 heterocycles. The van der Waals surface area contributed by atoms with Crippen molar-refractivity contribution >= 4 is 17.8 Å². The fourth-order valence-electron chi connectivity index (χ4n) is 1.25. The van der Waals surface area contributed by atoms with Crippen molar-refractivity contribution in [2.75, 3.05) is 6.61 Å². The third-order valence-electron chi connectivity index (χ3n) is 2.18. The van der Waals surface area contributed by atoms with Crippen molar-refractivity contribution in [1.29, 1.82) is 0 Å². The van der Waals surface area contributed by atoms with Crippen molar-refractivity contribution in [2.45, 2.75) is 13.1 Å². The third kappa shape index (κ3) is 5.00. The summed E-state index contributed by atoms with van der Waals surface area (Å²) < 4.78 is 40.9. The maximum Gasteiger partial charge on any atom is 0.416 e. The molecule has 0 unspecified atom stereocenters. The number of hydrogen-bond donors (Lipinski definition) is 0. The number of thiazole rings is 1. The molecule has 2 rings (SSSR count). The zero-order valence-corrected chi connectivity index (χ0v) is 11.4. The lowest BCUT2D eigenvalue weighted by atomic mass is 10.1. The van der Waals surface area contributed by atoms with Crippen molar-refractivity contribution in [3.05, 3.63) is 40.7 Å². The normalized spacial score (nSPS) is 10.4. The molecule has 108 valence electrons. The van der Waals surface area contributed by atoms with E-state index in [1.807, 2.05) is 0 Å². The summed E-state index contributed by atoms with van der Waals surface area (Å²) in [5.74, 6) is 0. The lowest BCUT2D eigenvalue weighted by Crippen LogP contribution is -2.03. The molecule has 0 atom stereocenters. The molecule has 1 aromatic carbocycles. The molecule has 0 N–H and O–H groups in total. The minimum Gasteiger partial charge on any atom is -0.468 e. The monoisotopic (exact) mass is 303 g/mol. The number of carbonyl (C=O) groups excluding carboxylic acids is 1. The highest BCUT2D eigenvalue weighted by molar-refractivity contribution is 7.07. The molecule has 0 aliphatic rings. The number of hydrogen-bond acceptors (Lipinski definition) is 4. The number of nitrogens with zero attached hydrogens (tertiary/aromatic N) is 1. The van der Waals surface area contributed by atoms with Crippen molar-refractivity contribution in [3.8, 4) is 11.3 Å². The van der Waals surface area contributed by atoms with E-state index in [1.165, 1.54) is 23.5 Å². The van der Waals surface area contributed by atoms with Gasteiger partial charge in [0.15, 0.2) is 0 Å². The summed E-state index contributed by atoms with van der Waals surface area (Å²) in [4.78, 5) is 13.2. The van der Waals surface area contributed by atoms with Gasteiger partial charge in [-0.25, -0.2) is 4.98 Å². The number of aromatic nitrogens is 1. The van der Waals surface area contributed by atoms with Crippen LogP contribution in [0.2, 0.25) is 0 Å². The quantitative estimate of drug-likeness (QED) is 0.804. The van der Waals surface area contributed by atoms with E-state index in [0.29, 0.717) is 24.3 Å². The van der Waals surface area contributed by atoms with Gasteiger partial charge in [0.2, 0.25) is 0 Å². The van der Waals surface area contributed by atoms with Crippen LogP contribution in [0.15, 0.2) is 35.2 Å². The fraction of sp³-hybridized carbons (Fsp3) is 0.231. The lowest BCUT2D eigenvalue weighted by Gasteiger charge is -2.06. The van der Waals surface area contributed by atoms with E-state index in [1.54, 1.807) is 17.8 Å². The standard InChI is InChI=1S/C10H6F3NS.C3H6O2/c11-10(12,13)8-3-1-7(2-4-8)9-5-15-6-14-9;1-2-5-3-4/h1-6H;3H,2H2,1H3. The van der Waals surface area contributed by atoms with Gasteiger partial charge >= 0.3 is 6.18 Å². The summed E-state index contributed by atoms with van der Waals surface area (Å²) in [5, 5.41) is 1.79. The second-order valence-electron chi connectivity index (χ2n) is 3.50. The lowest BCUT2D eigenvalue weighted by molar-refractivity contribution is -0.137. The van der Waals surface area contributed by atoms with E-state index >= 15 is 0 Å². The molecule has 3 nitrogen and oxygen atoms in total. The number of carbonyl (C=O) groups is 1. The minimum absolute atomic E-state index is 0.431. The minimum atomic E-state index is -4.28. The average Bonchev–Trinajstić information content (AvgIpc) is 2.93. The number of benzene rings is 1. The summed E-state index contributed by atoms with van der Waals surface area (Å²) in [5.41, 5.74) is 2.41. The Labute approximate surface area is 118 Å². The smallest absolute Gasteiger partial charge is 0.416 e. The molecule has 0 amide bonds. The van der Waals surface area contributed by atoms with Gasteiger partial charge in [-0.3, -0.25) is 4.79 Å². The summed E-state index contributed by atoms with van der Waals surface area (Å²) in [7, 11) is 0. The number of ether oxygens (including phenoxy) is 1. The van der Waals surface area contributed by atoms with Gasteiger partial charge in [-0.2, -0.15) is 13.2 Å². The van der Waals surface area contributed by atoms with Gasteiger partial charge in [0.1, 0.15) is 0 Å². The van der Waals surface area contributed by atoms with Gasteiger partial charge in [-0.05, 0) is 19.1 Å². The van der Waals surface area contributed by atoms with Crippen molar-refractivity contribution in [2.24, 2.45) is 0 Å². The maximum atomic E-state index is 12.2. The van der Waals surface area contributed by atoms with Gasteiger partial charge in [0.25, 0.3) is 6.47 Å². The van der Waals surface area contributed by atoms with Crippen LogP contribution in [0.4, 0.5) is 13.2 Å². The molecule has 0 radical (unpaired) electrons. The van der Waals surface area contributed by atoms with Crippen LogP contribution in [0, 0.1) is 0 Å². The Morgan fingerprint density at radius 1 is 1.30 bits per heavy atom. The van der Waals surface area contributed by atoms with Crippen LogP contribution < -0.4 is 0 Å². The van der Waals surface area contributed by atoms with Crippen molar-refractivity contribution in [3.63, 3.8) is 0 Å². The summed E-state index contributed by atoms with van der Waals surface area (Å²) in [6.45, 7) is 2.66. The van der Waals surface area contributed by atoms with E-state index in [9.17, 15) is 18.0 Å². The highest BCUT2D eigenvalue weighted by atomic mass is 32.1. The molecular formula is C13H12F3NO2S. The predicted octanol–water partition coefficient (Wildman–Crippen LogP) is 4.01. The van der Waals surface area contributed by atoms with E-state index in [-0.39, 0.29) is 0 Å². The zero-order valence-electron chi connectivity index (χ0n) is 10.6. The molecule has 2 aromatic rings. The molecule has 0 aliphatic carbocycles. The summed E-state index contributed by atoms with van der Waals surface area (Å²) >= 11 is 1.41. The number of halogens is 3. The molecular weight excluding hydrogens is 291 g/mol. The SMILES string of the molecule is CCOC=O.FC(F)(F)c1ccc(-c2cscn2)cc1. The van der Waals surface area contributed by atoms with E-state index in [4.69, 9.17) is 0 Å². The zero-order chi connectivity index (χ0) is 15.0. The Balaban J connectivity index is 0.000000347. The Morgan fingerprint density at radius 3 is 2.30 bits per heavy atom. The highest BCUT2D eigenvalue weighted by Gasteiger charge is 2.29. The molecule has 0 spiro atoms. The summed E-state index contributed by atoms with van der Waals surface area (Å²) in [6, 6.07) is 4.99. The topological polar surface area (TPSA) is 39.2 Å². The fourth-order valence-corrected chi connectivity index (χ4v) is 1.81. The van der Waals surface area contributed by atoms with Gasteiger partial charge < -0.3 is 4.74 Å². The van der Waals surface area contributed by atoms with Gasteiger partial charge in [-0.15, -0.1) is 11.3 Å². The van der Waals surface area contributed by atoms with Gasteiger partial charge in [0.05, 0.1) is 23.4 Å². The second-order valence-corrected chi connectivity index (χ2v) is 4.22. The Hall–Kier alpha value is -1.89. The second kappa shape index (κ2) is 7.64. The average molecular weight is 303 g/mol. The predicted molar refractivity (Wildman–Crippen MR) is 70.2 cm³/mol. The molecule has 1 aromatic heterocycles. The first-order valence-electron chi connectivity index (χ1n) is 5.60. The number of rotatable bonds is 3. The van der Waals surface area contributed by atoms with E-state index in [0.717, 1.165) is 12.1 Å². The largest absolute Gasteiger partial charge is 0.468 e. The third-order valence-corrected chi connectivity index (χ3v) is 2.76. The summed E-state index contributed by atoms with van der Waals surface area (Å²) in [6.07, 6.45) is -4.28. The molecule has 7 heteroatoms. The molecule has 0 bridgehead atoms. The van der Waals surface area contributed by atoms with Crippen LogP contribution in [0.5, 0.6) is 0 Å². The molecule has 20 heavy (non-hydrogen) atoms.